The monoisotopic (exact) mass is 221 g/mol. The first-order valence-electron chi connectivity index (χ1n) is 5.39. The van der Waals surface area contributed by atoms with E-state index in [-0.39, 0.29) is 0 Å². The Bertz CT molecular complexity index is 672. The molecule has 82 valence electrons. The molecule has 0 bridgehead atoms. The number of aromatic nitrogens is 2. The molecular weight excluding hydrogens is 210 g/mol. The summed E-state index contributed by atoms with van der Waals surface area (Å²) in [5, 5.41) is 2.25. The zero-order valence-corrected chi connectivity index (χ0v) is 9.17. The van der Waals surface area contributed by atoms with Gasteiger partial charge in [-0.3, -0.25) is 9.97 Å². The Hall–Kier alpha value is -2.42. The molecule has 0 aliphatic carbocycles. The van der Waals surface area contributed by atoms with Crippen molar-refractivity contribution in [3.05, 3.63) is 55.1 Å². The molecule has 3 heteroatoms. The molecular formula is C14H11N3. The van der Waals surface area contributed by atoms with Crippen molar-refractivity contribution in [2.24, 2.45) is 0 Å². The Labute approximate surface area is 98.9 Å². The average molecular weight is 221 g/mol. The van der Waals surface area contributed by atoms with Gasteiger partial charge in [-0.05, 0) is 23.1 Å². The van der Waals surface area contributed by atoms with Crippen LogP contribution >= 0.6 is 0 Å². The molecule has 3 nitrogen and oxygen atoms in total. The first-order valence-corrected chi connectivity index (χ1v) is 5.39. The summed E-state index contributed by atoms with van der Waals surface area (Å²) < 4.78 is 0. The molecule has 3 aromatic rings. The summed E-state index contributed by atoms with van der Waals surface area (Å²) in [7, 11) is 0. The average Bonchev–Trinajstić information content (AvgIpc) is 2.39. The lowest BCUT2D eigenvalue weighted by atomic mass is 10.00. The van der Waals surface area contributed by atoms with E-state index in [1.54, 1.807) is 18.6 Å². The van der Waals surface area contributed by atoms with Gasteiger partial charge in [0.05, 0.1) is 0 Å². The number of nitrogens with two attached hydrogens (primary N) is 1. The molecule has 2 N–H and O–H groups in total. The van der Waals surface area contributed by atoms with Crippen molar-refractivity contribution in [2.45, 2.75) is 0 Å². The quantitative estimate of drug-likeness (QED) is 0.687. The summed E-state index contributed by atoms with van der Waals surface area (Å²) in [6.45, 7) is 0. The summed E-state index contributed by atoms with van der Waals surface area (Å²) in [5.74, 6) is 0. The van der Waals surface area contributed by atoms with Gasteiger partial charge >= 0.3 is 0 Å². The summed E-state index contributed by atoms with van der Waals surface area (Å²) in [4.78, 5) is 8.26. The van der Waals surface area contributed by atoms with Crippen molar-refractivity contribution in [3.8, 4) is 11.1 Å². The van der Waals surface area contributed by atoms with Crippen LogP contribution < -0.4 is 5.73 Å². The maximum absolute atomic E-state index is 5.99. The fraction of sp³-hybridized carbons (Fsp3) is 0. The minimum atomic E-state index is 0.740. The van der Waals surface area contributed by atoms with E-state index in [4.69, 9.17) is 5.73 Å². The zero-order valence-electron chi connectivity index (χ0n) is 9.17. The van der Waals surface area contributed by atoms with Gasteiger partial charge in [0, 0.05) is 41.4 Å². The zero-order chi connectivity index (χ0) is 11.7. The van der Waals surface area contributed by atoms with E-state index in [1.807, 2.05) is 30.5 Å². The first-order chi connectivity index (χ1) is 8.36. The summed E-state index contributed by atoms with van der Waals surface area (Å²) in [5.41, 5.74) is 8.78. The Morgan fingerprint density at radius 1 is 0.824 bits per heavy atom. The van der Waals surface area contributed by atoms with Crippen LogP contribution in [0.4, 0.5) is 5.69 Å². The lowest BCUT2D eigenvalue weighted by Gasteiger charge is -2.08. The maximum atomic E-state index is 5.99. The molecule has 0 aliphatic heterocycles. The molecule has 0 aliphatic rings. The van der Waals surface area contributed by atoms with Gasteiger partial charge in [-0.2, -0.15) is 0 Å². The molecule has 0 saturated heterocycles. The van der Waals surface area contributed by atoms with E-state index in [2.05, 4.69) is 16.0 Å². The predicted octanol–water partition coefficient (Wildman–Crippen LogP) is 2.88. The smallest absolute Gasteiger partial charge is 0.0425 e. The highest BCUT2D eigenvalue weighted by atomic mass is 14.7. The second-order valence-corrected chi connectivity index (χ2v) is 3.87. The molecule has 0 unspecified atom stereocenters. The lowest BCUT2D eigenvalue weighted by molar-refractivity contribution is 1.33. The summed E-state index contributed by atoms with van der Waals surface area (Å²) in [6.07, 6.45) is 7.14. The summed E-state index contributed by atoms with van der Waals surface area (Å²) in [6, 6.07) is 9.91. The Balaban J connectivity index is 2.35. The molecule has 2 aromatic heterocycles. The van der Waals surface area contributed by atoms with Crippen molar-refractivity contribution < 1.29 is 0 Å². The lowest BCUT2D eigenvalue weighted by Crippen LogP contribution is -1.91. The van der Waals surface area contributed by atoms with E-state index >= 15 is 0 Å². The molecule has 0 spiro atoms. The van der Waals surface area contributed by atoms with Gasteiger partial charge in [-0.1, -0.05) is 18.2 Å². The molecule has 17 heavy (non-hydrogen) atoms. The van der Waals surface area contributed by atoms with Crippen molar-refractivity contribution in [3.63, 3.8) is 0 Å². The van der Waals surface area contributed by atoms with Crippen LogP contribution in [0.5, 0.6) is 0 Å². The molecule has 0 fully saturated rings. The topological polar surface area (TPSA) is 51.8 Å². The second kappa shape index (κ2) is 3.87. The number of anilines is 1. The molecule has 0 amide bonds. The van der Waals surface area contributed by atoms with E-state index in [0.717, 1.165) is 27.6 Å². The highest BCUT2D eigenvalue weighted by molar-refractivity contribution is 5.98. The number of hydrogen-bond donors (Lipinski definition) is 1. The number of benzene rings is 1. The molecule has 1 aromatic carbocycles. The van der Waals surface area contributed by atoms with Crippen LogP contribution in [0.25, 0.3) is 21.9 Å². The molecule has 0 radical (unpaired) electrons. The van der Waals surface area contributed by atoms with Gasteiger partial charge in [-0.25, -0.2) is 0 Å². The van der Waals surface area contributed by atoms with Gasteiger partial charge in [-0.15, -0.1) is 0 Å². The van der Waals surface area contributed by atoms with Crippen molar-refractivity contribution in [1.82, 2.24) is 9.97 Å². The predicted molar refractivity (Wildman–Crippen MR) is 69.4 cm³/mol. The highest BCUT2D eigenvalue weighted by Crippen LogP contribution is 2.30. The fourth-order valence-corrected chi connectivity index (χ4v) is 1.99. The number of rotatable bonds is 1. The third kappa shape index (κ3) is 1.61. The standard InChI is InChI=1S/C14H11N3/c15-14-5-7-17-9-13(14)12-3-1-2-10-8-16-6-4-11(10)12/h1-9H,(H2,15,17). The second-order valence-electron chi connectivity index (χ2n) is 3.87. The molecule has 2 heterocycles. The number of hydrogen-bond acceptors (Lipinski definition) is 3. The molecule has 3 rings (SSSR count). The maximum Gasteiger partial charge on any atom is 0.0425 e. The SMILES string of the molecule is Nc1ccncc1-c1cccc2cnccc12. The van der Waals surface area contributed by atoms with Crippen LogP contribution in [0, 0.1) is 0 Å². The number of pyridine rings is 2. The number of nitrogen functional groups attached to an aromatic ring is 1. The number of nitrogens with zero attached hydrogens (tertiary/aromatic N) is 2. The molecule has 0 saturated carbocycles. The fourth-order valence-electron chi connectivity index (χ4n) is 1.99. The van der Waals surface area contributed by atoms with E-state index in [9.17, 15) is 0 Å². The van der Waals surface area contributed by atoms with Gasteiger partial charge in [0.25, 0.3) is 0 Å². The summed E-state index contributed by atoms with van der Waals surface area (Å²) >= 11 is 0. The van der Waals surface area contributed by atoms with Crippen LogP contribution in [0.3, 0.4) is 0 Å². The van der Waals surface area contributed by atoms with Crippen molar-refractivity contribution >= 4 is 16.5 Å². The third-order valence-electron chi connectivity index (χ3n) is 2.83. The third-order valence-corrected chi connectivity index (χ3v) is 2.83. The van der Waals surface area contributed by atoms with Crippen LogP contribution in [0.1, 0.15) is 0 Å². The highest BCUT2D eigenvalue weighted by Gasteiger charge is 2.06. The van der Waals surface area contributed by atoms with E-state index in [1.165, 1.54) is 0 Å². The van der Waals surface area contributed by atoms with Gasteiger partial charge in [0.15, 0.2) is 0 Å². The minimum Gasteiger partial charge on any atom is -0.398 e. The van der Waals surface area contributed by atoms with E-state index in [0.29, 0.717) is 0 Å². The largest absolute Gasteiger partial charge is 0.398 e. The Morgan fingerprint density at radius 2 is 1.65 bits per heavy atom. The van der Waals surface area contributed by atoms with Crippen LogP contribution in [-0.2, 0) is 0 Å². The molecule has 0 atom stereocenters. The normalized spacial score (nSPS) is 10.6. The van der Waals surface area contributed by atoms with Gasteiger partial charge < -0.3 is 5.73 Å². The van der Waals surface area contributed by atoms with Crippen LogP contribution in [-0.4, -0.2) is 9.97 Å². The van der Waals surface area contributed by atoms with Crippen LogP contribution in [0.2, 0.25) is 0 Å². The minimum absolute atomic E-state index is 0.740. The number of fused-ring (bicyclic) bond motifs is 1. The van der Waals surface area contributed by atoms with Crippen molar-refractivity contribution in [2.75, 3.05) is 5.73 Å². The van der Waals surface area contributed by atoms with Gasteiger partial charge in [0.2, 0.25) is 0 Å². The van der Waals surface area contributed by atoms with Crippen LogP contribution in [0.15, 0.2) is 55.1 Å². The van der Waals surface area contributed by atoms with Crippen molar-refractivity contribution in [1.29, 1.82) is 0 Å². The Morgan fingerprint density at radius 3 is 2.53 bits per heavy atom. The van der Waals surface area contributed by atoms with E-state index < -0.39 is 0 Å². The van der Waals surface area contributed by atoms with Gasteiger partial charge in [0.1, 0.15) is 0 Å². The first kappa shape index (κ1) is 9.78. The Kier molecular flexibility index (Phi) is 2.22.